The molecule has 2 unspecified atom stereocenters. The van der Waals surface area contributed by atoms with E-state index in [1.165, 1.54) is 32.4 Å². The van der Waals surface area contributed by atoms with Crippen molar-refractivity contribution in [3.63, 3.8) is 0 Å². The highest BCUT2D eigenvalue weighted by Crippen LogP contribution is 2.19. The molecule has 0 aromatic rings. The molecule has 4 nitrogen and oxygen atoms in total. The fourth-order valence-corrected chi connectivity index (χ4v) is 2.91. The smallest absolute Gasteiger partial charge is 0.323 e. The van der Waals surface area contributed by atoms with Crippen molar-refractivity contribution in [2.75, 3.05) is 26.2 Å². The summed E-state index contributed by atoms with van der Waals surface area (Å²) in [6, 6.07) is 0.131. The van der Waals surface area contributed by atoms with Crippen molar-refractivity contribution in [3.05, 3.63) is 0 Å². The Morgan fingerprint density at radius 1 is 1.40 bits per heavy atom. The van der Waals surface area contributed by atoms with Gasteiger partial charge >= 0.3 is 5.97 Å². The van der Waals surface area contributed by atoms with Crippen molar-refractivity contribution >= 4 is 5.97 Å². The fourth-order valence-electron chi connectivity index (χ4n) is 2.91. The summed E-state index contributed by atoms with van der Waals surface area (Å²) in [5, 5.41) is 3.33. The molecule has 1 aliphatic heterocycles. The van der Waals surface area contributed by atoms with Crippen molar-refractivity contribution in [1.29, 1.82) is 0 Å². The van der Waals surface area contributed by atoms with E-state index in [2.05, 4.69) is 31.0 Å². The summed E-state index contributed by atoms with van der Waals surface area (Å²) in [6.07, 6.45) is 4.76. The zero-order valence-electron chi connectivity index (χ0n) is 13.7. The van der Waals surface area contributed by atoms with Gasteiger partial charge in [-0.05, 0) is 38.6 Å². The van der Waals surface area contributed by atoms with E-state index in [1.54, 1.807) is 0 Å². The van der Waals surface area contributed by atoms with E-state index in [4.69, 9.17) is 4.74 Å². The van der Waals surface area contributed by atoms with Crippen molar-refractivity contribution in [2.24, 2.45) is 5.92 Å². The van der Waals surface area contributed by atoms with Gasteiger partial charge in [-0.3, -0.25) is 4.79 Å². The molecule has 20 heavy (non-hydrogen) atoms. The molecule has 0 bridgehead atoms. The first-order valence-electron chi connectivity index (χ1n) is 8.21. The van der Waals surface area contributed by atoms with Gasteiger partial charge in [0.2, 0.25) is 0 Å². The predicted octanol–water partition coefficient (Wildman–Crippen LogP) is 2.43. The second-order valence-corrected chi connectivity index (χ2v) is 6.13. The fraction of sp³-hybridized carbons (Fsp3) is 0.938. The number of nitrogens with zero attached hydrogens (tertiary/aromatic N) is 1. The molecule has 0 aromatic heterocycles. The number of ether oxygens (including phenoxy) is 1. The average Bonchev–Trinajstić information content (AvgIpc) is 2.43. The summed E-state index contributed by atoms with van der Waals surface area (Å²) in [4.78, 5) is 14.5. The summed E-state index contributed by atoms with van der Waals surface area (Å²) in [7, 11) is 0. The highest BCUT2D eigenvalue weighted by Gasteiger charge is 2.23. The van der Waals surface area contributed by atoms with Gasteiger partial charge in [-0.15, -0.1) is 0 Å². The van der Waals surface area contributed by atoms with Crippen molar-refractivity contribution in [2.45, 2.75) is 65.5 Å². The van der Waals surface area contributed by atoms with Gasteiger partial charge in [0, 0.05) is 19.1 Å². The largest absolute Gasteiger partial charge is 0.465 e. The molecule has 2 atom stereocenters. The number of hydrogen-bond acceptors (Lipinski definition) is 4. The van der Waals surface area contributed by atoms with E-state index in [-0.39, 0.29) is 12.0 Å². The highest BCUT2D eigenvalue weighted by molar-refractivity contribution is 5.75. The van der Waals surface area contributed by atoms with Crippen molar-refractivity contribution < 1.29 is 9.53 Å². The number of likely N-dealkylation sites (tertiary alicyclic amines) is 1. The lowest BCUT2D eigenvalue weighted by Crippen LogP contribution is -2.45. The molecular weight excluding hydrogens is 252 g/mol. The van der Waals surface area contributed by atoms with Gasteiger partial charge in [0.25, 0.3) is 0 Å². The maximum Gasteiger partial charge on any atom is 0.323 e. The lowest BCUT2D eigenvalue weighted by Gasteiger charge is -2.33. The third-order valence-corrected chi connectivity index (χ3v) is 4.02. The van der Waals surface area contributed by atoms with Gasteiger partial charge < -0.3 is 15.0 Å². The molecule has 1 fully saturated rings. The quantitative estimate of drug-likeness (QED) is 0.695. The van der Waals surface area contributed by atoms with Crippen LogP contribution in [0.25, 0.3) is 0 Å². The zero-order chi connectivity index (χ0) is 15.0. The van der Waals surface area contributed by atoms with Crippen LogP contribution in [-0.4, -0.2) is 49.2 Å². The van der Waals surface area contributed by atoms with Gasteiger partial charge in [0.05, 0.1) is 6.61 Å². The Hall–Kier alpha value is -0.610. The molecule has 1 heterocycles. The number of carbonyl (C=O) groups excluding carboxylic acids is 1. The SMILES string of the molecule is CCOC(=O)C(CCN1CCCC(CC)C1)NC(C)C. The van der Waals surface area contributed by atoms with Crippen LogP contribution < -0.4 is 5.32 Å². The molecule has 1 aliphatic rings. The maximum atomic E-state index is 12.0. The minimum atomic E-state index is -0.169. The Balaban J connectivity index is 2.42. The van der Waals surface area contributed by atoms with E-state index < -0.39 is 0 Å². The molecule has 0 aromatic carbocycles. The number of hydrogen-bond donors (Lipinski definition) is 1. The number of esters is 1. The lowest BCUT2D eigenvalue weighted by atomic mass is 9.95. The van der Waals surface area contributed by atoms with Crippen LogP contribution in [0.4, 0.5) is 0 Å². The van der Waals surface area contributed by atoms with E-state index in [0.29, 0.717) is 12.6 Å². The second-order valence-electron chi connectivity index (χ2n) is 6.13. The Kier molecular flexibility index (Phi) is 8.15. The predicted molar refractivity (Wildman–Crippen MR) is 82.8 cm³/mol. The van der Waals surface area contributed by atoms with Crippen LogP contribution in [-0.2, 0) is 9.53 Å². The molecule has 0 radical (unpaired) electrons. The molecule has 0 saturated carbocycles. The van der Waals surface area contributed by atoms with Gasteiger partial charge in [0.15, 0.2) is 0 Å². The van der Waals surface area contributed by atoms with Crippen LogP contribution in [0.2, 0.25) is 0 Å². The Morgan fingerprint density at radius 2 is 2.15 bits per heavy atom. The molecule has 4 heteroatoms. The Labute approximate surface area is 124 Å². The third-order valence-electron chi connectivity index (χ3n) is 4.02. The normalized spacial score (nSPS) is 21.9. The van der Waals surface area contributed by atoms with Crippen LogP contribution in [0.5, 0.6) is 0 Å². The van der Waals surface area contributed by atoms with E-state index >= 15 is 0 Å². The summed E-state index contributed by atoms with van der Waals surface area (Å²) in [5.41, 5.74) is 0. The summed E-state index contributed by atoms with van der Waals surface area (Å²) < 4.78 is 5.17. The maximum absolute atomic E-state index is 12.0. The minimum Gasteiger partial charge on any atom is -0.465 e. The second kappa shape index (κ2) is 9.35. The van der Waals surface area contributed by atoms with E-state index in [1.807, 2.05) is 6.92 Å². The molecule has 0 spiro atoms. The van der Waals surface area contributed by atoms with E-state index in [9.17, 15) is 4.79 Å². The molecule has 0 aliphatic carbocycles. The zero-order valence-corrected chi connectivity index (χ0v) is 13.7. The van der Waals surface area contributed by atoms with Gasteiger partial charge in [0.1, 0.15) is 6.04 Å². The topological polar surface area (TPSA) is 41.6 Å². The Morgan fingerprint density at radius 3 is 2.75 bits per heavy atom. The molecule has 1 rings (SSSR count). The van der Waals surface area contributed by atoms with E-state index in [0.717, 1.165) is 18.9 Å². The van der Waals surface area contributed by atoms with Gasteiger partial charge in [-0.2, -0.15) is 0 Å². The standard InChI is InChI=1S/C16H32N2O2/c1-5-14-8-7-10-18(12-14)11-9-15(17-13(3)4)16(19)20-6-2/h13-15,17H,5-12H2,1-4H3. The molecular formula is C16H32N2O2. The number of rotatable bonds is 8. The highest BCUT2D eigenvalue weighted by atomic mass is 16.5. The number of nitrogens with one attached hydrogen (secondary N) is 1. The molecule has 118 valence electrons. The average molecular weight is 284 g/mol. The van der Waals surface area contributed by atoms with Crippen LogP contribution in [0.1, 0.15) is 53.4 Å². The number of piperidine rings is 1. The van der Waals surface area contributed by atoms with Gasteiger partial charge in [-0.1, -0.05) is 27.2 Å². The Bertz CT molecular complexity index is 282. The number of carbonyl (C=O) groups is 1. The van der Waals surface area contributed by atoms with Crippen LogP contribution in [0.15, 0.2) is 0 Å². The van der Waals surface area contributed by atoms with Crippen LogP contribution >= 0.6 is 0 Å². The van der Waals surface area contributed by atoms with Gasteiger partial charge in [-0.25, -0.2) is 0 Å². The summed E-state index contributed by atoms with van der Waals surface area (Å²) in [5.74, 6) is 0.730. The first-order valence-corrected chi connectivity index (χ1v) is 8.21. The summed E-state index contributed by atoms with van der Waals surface area (Å²) in [6.45, 7) is 12.1. The third kappa shape index (κ3) is 6.23. The summed E-state index contributed by atoms with van der Waals surface area (Å²) >= 11 is 0. The van der Waals surface area contributed by atoms with Crippen LogP contribution in [0, 0.1) is 5.92 Å². The molecule has 1 saturated heterocycles. The van der Waals surface area contributed by atoms with Crippen molar-refractivity contribution in [3.8, 4) is 0 Å². The van der Waals surface area contributed by atoms with Crippen molar-refractivity contribution in [1.82, 2.24) is 10.2 Å². The first kappa shape index (κ1) is 17.4. The van der Waals surface area contributed by atoms with Crippen LogP contribution in [0.3, 0.4) is 0 Å². The first-order chi connectivity index (χ1) is 9.56. The minimum absolute atomic E-state index is 0.106. The molecule has 1 N–H and O–H groups in total. The monoisotopic (exact) mass is 284 g/mol. The lowest BCUT2D eigenvalue weighted by molar-refractivity contribution is -0.146. The molecule has 0 amide bonds.